The van der Waals surface area contributed by atoms with Crippen LogP contribution in [0.25, 0.3) is 0 Å². The highest BCUT2D eigenvalue weighted by atomic mass is 16.6. The molecule has 2 amide bonds. The number of nitro benzene ring substituents is 1. The van der Waals surface area contributed by atoms with Crippen LogP contribution in [-0.2, 0) is 9.59 Å². The summed E-state index contributed by atoms with van der Waals surface area (Å²) in [5.74, 6) is 0.192. The average Bonchev–Trinajstić information content (AvgIpc) is 3.39. The van der Waals surface area contributed by atoms with Crippen LogP contribution < -0.4 is 0 Å². The first-order valence-corrected chi connectivity index (χ1v) is 8.41. The maximum Gasteiger partial charge on any atom is 0.278 e. The molecule has 0 aromatic heterocycles. The molecule has 2 bridgehead atoms. The van der Waals surface area contributed by atoms with Crippen molar-refractivity contribution in [2.75, 3.05) is 0 Å². The lowest BCUT2D eigenvalue weighted by Gasteiger charge is -2.37. The molecule has 126 valence electrons. The highest BCUT2D eigenvalue weighted by Gasteiger charge is 2.67. The van der Waals surface area contributed by atoms with Crippen LogP contribution in [0.3, 0.4) is 0 Å². The Balaban J connectivity index is 1.46. The third-order valence-corrected chi connectivity index (χ3v) is 6.09. The van der Waals surface area contributed by atoms with Crippen molar-refractivity contribution < 1.29 is 14.5 Å². The lowest BCUT2D eigenvalue weighted by molar-refractivity contribution is -0.385. The fourth-order valence-corrected chi connectivity index (χ4v) is 4.94. The van der Waals surface area contributed by atoms with E-state index in [0.29, 0.717) is 11.8 Å². The minimum atomic E-state index is -0.508. The number of para-hydroxylation sites is 1. The van der Waals surface area contributed by atoms with Crippen LogP contribution in [0.4, 0.5) is 5.69 Å². The van der Waals surface area contributed by atoms with Crippen molar-refractivity contribution in [2.24, 2.45) is 40.6 Å². The van der Waals surface area contributed by atoms with Crippen LogP contribution in [0.5, 0.6) is 0 Å². The summed E-state index contributed by atoms with van der Waals surface area (Å²) >= 11 is 0. The molecular weight excluding hydrogens is 322 g/mol. The highest BCUT2D eigenvalue weighted by Crippen LogP contribution is 2.65. The third-order valence-electron chi connectivity index (χ3n) is 6.09. The van der Waals surface area contributed by atoms with Crippen LogP contribution in [0.1, 0.15) is 12.0 Å². The van der Waals surface area contributed by atoms with Gasteiger partial charge in [0.15, 0.2) is 0 Å². The summed E-state index contributed by atoms with van der Waals surface area (Å²) in [6.45, 7) is 0. The number of nitro groups is 1. The molecule has 4 aliphatic carbocycles. The SMILES string of the molecule is O=C1[C@H]2[C@@H]3C=C[C@H]([C@H]4C[C@H]34)[C@@H]2C(=O)N1/N=C\c1ccccc1[N+](=O)[O-]. The molecule has 5 aliphatic rings. The van der Waals surface area contributed by atoms with Gasteiger partial charge >= 0.3 is 0 Å². The number of amides is 2. The molecular formula is C18H15N3O4. The zero-order valence-electron chi connectivity index (χ0n) is 13.2. The van der Waals surface area contributed by atoms with Crippen LogP contribution in [0, 0.1) is 45.6 Å². The first-order valence-electron chi connectivity index (χ1n) is 8.41. The Bertz CT molecular complexity index is 841. The molecule has 0 spiro atoms. The predicted molar refractivity (Wildman–Crippen MR) is 87.2 cm³/mol. The van der Waals surface area contributed by atoms with Gasteiger partial charge in [0.1, 0.15) is 0 Å². The van der Waals surface area contributed by atoms with Gasteiger partial charge in [0, 0.05) is 6.07 Å². The van der Waals surface area contributed by atoms with Crippen molar-refractivity contribution in [1.82, 2.24) is 5.01 Å². The van der Waals surface area contributed by atoms with E-state index in [-0.39, 0.29) is 46.7 Å². The van der Waals surface area contributed by atoms with Gasteiger partial charge < -0.3 is 0 Å². The van der Waals surface area contributed by atoms with E-state index in [1.807, 2.05) is 0 Å². The molecule has 0 N–H and O–H groups in total. The van der Waals surface area contributed by atoms with Crippen LogP contribution in [0.2, 0.25) is 0 Å². The molecule has 1 aromatic rings. The highest BCUT2D eigenvalue weighted by molar-refractivity contribution is 6.06. The quantitative estimate of drug-likeness (QED) is 0.277. The summed E-state index contributed by atoms with van der Waals surface area (Å²) in [5.41, 5.74) is 0.164. The second-order valence-corrected chi connectivity index (χ2v) is 7.20. The standard InChI is InChI=1S/C18H15N3O4/c22-17-15-10-5-6-11(13-7-12(10)13)16(15)18(23)20(17)19-8-9-3-1-2-4-14(9)21(24)25/h1-6,8,10-13,15-16H,7H2/b19-8-/t10-,11-,12-,13-,15+,16+/m1/s1. The van der Waals surface area contributed by atoms with E-state index < -0.39 is 4.92 Å². The van der Waals surface area contributed by atoms with Crippen molar-refractivity contribution >= 4 is 23.7 Å². The van der Waals surface area contributed by atoms with Crippen molar-refractivity contribution in [3.05, 3.63) is 52.1 Å². The second kappa shape index (κ2) is 4.84. The Morgan fingerprint density at radius 2 is 1.68 bits per heavy atom. The number of nitrogens with zero attached hydrogens (tertiary/aromatic N) is 3. The van der Waals surface area contributed by atoms with Crippen molar-refractivity contribution in [2.45, 2.75) is 6.42 Å². The zero-order chi connectivity index (χ0) is 17.3. The number of hydrogen-bond acceptors (Lipinski definition) is 5. The average molecular weight is 337 g/mol. The van der Waals surface area contributed by atoms with Gasteiger partial charge in [-0.05, 0) is 36.2 Å². The van der Waals surface area contributed by atoms with Crippen molar-refractivity contribution in [3.63, 3.8) is 0 Å². The first kappa shape index (κ1) is 14.5. The molecule has 25 heavy (non-hydrogen) atoms. The molecule has 2 saturated carbocycles. The van der Waals surface area contributed by atoms with Crippen molar-refractivity contribution in [3.8, 4) is 0 Å². The Morgan fingerprint density at radius 1 is 1.08 bits per heavy atom. The maximum absolute atomic E-state index is 12.8. The lowest BCUT2D eigenvalue weighted by Crippen LogP contribution is -2.40. The molecule has 1 aliphatic heterocycles. The summed E-state index contributed by atoms with van der Waals surface area (Å²) in [7, 11) is 0. The third kappa shape index (κ3) is 1.89. The molecule has 7 heteroatoms. The largest absolute Gasteiger partial charge is 0.278 e. The van der Waals surface area contributed by atoms with E-state index in [2.05, 4.69) is 17.3 Å². The molecule has 6 atom stereocenters. The Hall–Kier alpha value is -2.83. The van der Waals surface area contributed by atoms with Gasteiger partial charge in [-0.15, -0.1) is 0 Å². The van der Waals surface area contributed by atoms with E-state index in [9.17, 15) is 19.7 Å². The molecule has 1 saturated heterocycles. The van der Waals surface area contributed by atoms with Crippen LogP contribution >= 0.6 is 0 Å². The molecule has 7 nitrogen and oxygen atoms in total. The predicted octanol–water partition coefficient (Wildman–Crippen LogP) is 1.98. The second-order valence-electron chi connectivity index (χ2n) is 7.20. The fourth-order valence-electron chi connectivity index (χ4n) is 4.94. The summed E-state index contributed by atoms with van der Waals surface area (Å²) in [5, 5.41) is 16.0. The summed E-state index contributed by atoms with van der Waals surface area (Å²) in [6.07, 6.45) is 6.54. The monoisotopic (exact) mass is 337 g/mol. The molecule has 0 radical (unpaired) electrons. The number of hydrazone groups is 1. The zero-order valence-corrected chi connectivity index (χ0v) is 13.2. The minimum Gasteiger partial charge on any atom is -0.272 e. The van der Waals surface area contributed by atoms with Gasteiger partial charge in [0.2, 0.25) is 0 Å². The fraction of sp³-hybridized carbons (Fsp3) is 0.389. The Kier molecular flexibility index (Phi) is 2.81. The molecule has 1 aromatic carbocycles. The number of benzene rings is 1. The van der Waals surface area contributed by atoms with E-state index in [1.165, 1.54) is 12.3 Å². The van der Waals surface area contributed by atoms with E-state index in [1.54, 1.807) is 18.2 Å². The minimum absolute atomic E-state index is 0.106. The van der Waals surface area contributed by atoms with Crippen molar-refractivity contribution in [1.29, 1.82) is 0 Å². The lowest BCUT2D eigenvalue weighted by atomic mass is 9.63. The molecule has 1 heterocycles. The number of carbonyl (C=O) groups is 2. The first-order chi connectivity index (χ1) is 12.1. The van der Waals surface area contributed by atoms with Gasteiger partial charge in [-0.25, -0.2) is 0 Å². The van der Waals surface area contributed by atoms with Crippen LogP contribution in [-0.4, -0.2) is 28.0 Å². The summed E-state index contributed by atoms with van der Waals surface area (Å²) < 4.78 is 0. The number of hydrogen-bond donors (Lipinski definition) is 0. The number of imide groups is 1. The van der Waals surface area contributed by atoms with E-state index in [0.717, 1.165) is 11.4 Å². The van der Waals surface area contributed by atoms with Gasteiger partial charge in [-0.1, -0.05) is 24.3 Å². The summed E-state index contributed by atoms with van der Waals surface area (Å²) in [4.78, 5) is 36.1. The van der Waals surface area contributed by atoms with Gasteiger partial charge in [-0.3, -0.25) is 19.7 Å². The topological polar surface area (TPSA) is 92.9 Å². The van der Waals surface area contributed by atoms with Crippen LogP contribution in [0.15, 0.2) is 41.5 Å². The Morgan fingerprint density at radius 3 is 2.28 bits per heavy atom. The van der Waals surface area contributed by atoms with E-state index >= 15 is 0 Å². The normalized spacial score (nSPS) is 37.5. The number of allylic oxidation sites excluding steroid dienone is 2. The van der Waals surface area contributed by atoms with Gasteiger partial charge in [0.25, 0.3) is 17.5 Å². The summed E-state index contributed by atoms with van der Waals surface area (Å²) in [6, 6.07) is 6.12. The van der Waals surface area contributed by atoms with Gasteiger partial charge in [-0.2, -0.15) is 10.1 Å². The number of carbonyl (C=O) groups excluding carboxylic acids is 2. The van der Waals surface area contributed by atoms with Gasteiger partial charge in [0.05, 0.1) is 28.5 Å². The molecule has 6 rings (SSSR count). The Labute approximate surface area is 143 Å². The smallest absolute Gasteiger partial charge is 0.272 e. The maximum atomic E-state index is 12.8. The van der Waals surface area contributed by atoms with E-state index in [4.69, 9.17) is 0 Å². The number of rotatable bonds is 3. The molecule has 3 fully saturated rings. The molecule has 0 unspecified atom stereocenters.